The normalized spacial score (nSPS) is 16.6. The summed E-state index contributed by atoms with van der Waals surface area (Å²) in [6.45, 7) is 1.82. The van der Waals surface area contributed by atoms with Crippen LogP contribution in [0.25, 0.3) is 0 Å². The monoisotopic (exact) mass is 249 g/mol. The number of likely N-dealkylation sites (N-methyl/N-ethyl adjacent to an activating group) is 1. The van der Waals surface area contributed by atoms with Crippen LogP contribution in [0.15, 0.2) is 18.3 Å². The Bertz CT molecular complexity index is 458. The lowest BCUT2D eigenvalue weighted by molar-refractivity contribution is -0.127. The zero-order valence-corrected chi connectivity index (χ0v) is 10.2. The number of rotatable bonds is 2. The van der Waals surface area contributed by atoms with E-state index in [0.717, 1.165) is 25.2 Å². The number of carbonyl (C=O) groups excluding carboxylic acids is 1. The van der Waals surface area contributed by atoms with Gasteiger partial charge in [-0.15, -0.1) is 0 Å². The lowest BCUT2D eigenvalue weighted by Gasteiger charge is -2.21. The van der Waals surface area contributed by atoms with Gasteiger partial charge >= 0.3 is 5.97 Å². The van der Waals surface area contributed by atoms with Crippen LogP contribution in [0.5, 0.6) is 0 Å². The molecule has 0 bridgehead atoms. The van der Waals surface area contributed by atoms with Gasteiger partial charge in [0.05, 0.1) is 18.4 Å². The molecule has 1 N–H and O–H groups in total. The maximum Gasteiger partial charge on any atom is 0.354 e. The van der Waals surface area contributed by atoms with Crippen LogP contribution in [0, 0.1) is 0 Å². The summed E-state index contributed by atoms with van der Waals surface area (Å²) in [6, 6.07) is 3.14. The number of anilines is 1. The molecule has 6 heteroatoms. The van der Waals surface area contributed by atoms with E-state index in [1.807, 2.05) is 4.90 Å². The Kier molecular flexibility index (Phi) is 3.45. The first kappa shape index (κ1) is 12.3. The summed E-state index contributed by atoms with van der Waals surface area (Å²) in [5, 5.41) is 8.77. The third-order valence-electron chi connectivity index (χ3n) is 3.01. The SMILES string of the molecule is CN1CCCN(c2ccc(C(=O)O)nc2)CC1=O. The molecule has 1 aliphatic rings. The topological polar surface area (TPSA) is 73.7 Å². The van der Waals surface area contributed by atoms with Crippen molar-refractivity contribution >= 4 is 17.6 Å². The number of pyridine rings is 1. The third kappa shape index (κ3) is 2.58. The zero-order chi connectivity index (χ0) is 13.1. The zero-order valence-electron chi connectivity index (χ0n) is 10.2. The van der Waals surface area contributed by atoms with Crippen molar-refractivity contribution in [2.45, 2.75) is 6.42 Å². The van der Waals surface area contributed by atoms with E-state index in [4.69, 9.17) is 5.11 Å². The molecule has 2 heterocycles. The first-order valence-electron chi connectivity index (χ1n) is 5.76. The average molecular weight is 249 g/mol. The van der Waals surface area contributed by atoms with Crippen molar-refractivity contribution < 1.29 is 14.7 Å². The molecule has 0 saturated carbocycles. The molecule has 96 valence electrons. The minimum Gasteiger partial charge on any atom is -0.477 e. The van der Waals surface area contributed by atoms with Crippen molar-refractivity contribution in [3.63, 3.8) is 0 Å². The number of aromatic carboxylic acids is 1. The molecule has 0 unspecified atom stereocenters. The third-order valence-corrected chi connectivity index (χ3v) is 3.01. The summed E-state index contributed by atoms with van der Waals surface area (Å²) in [4.78, 5) is 29.9. The molecule has 0 spiro atoms. The number of carbonyl (C=O) groups is 2. The molecular formula is C12H15N3O3. The molecule has 0 aliphatic carbocycles. The number of hydrogen-bond acceptors (Lipinski definition) is 4. The highest BCUT2D eigenvalue weighted by Crippen LogP contribution is 2.15. The molecule has 0 atom stereocenters. The molecule has 1 fully saturated rings. The van der Waals surface area contributed by atoms with E-state index in [2.05, 4.69) is 4.98 Å². The first-order valence-corrected chi connectivity index (χ1v) is 5.76. The van der Waals surface area contributed by atoms with Crippen LogP contribution in [0.3, 0.4) is 0 Å². The van der Waals surface area contributed by atoms with Gasteiger partial charge in [0.2, 0.25) is 5.91 Å². The van der Waals surface area contributed by atoms with Gasteiger partial charge in [-0.2, -0.15) is 0 Å². The van der Waals surface area contributed by atoms with Crippen molar-refractivity contribution in [3.05, 3.63) is 24.0 Å². The van der Waals surface area contributed by atoms with Crippen LogP contribution in [-0.4, -0.2) is 53.5 Å². The Hall–Kier alpha value is -2.11. The highest BCUT2D eigenvalue weighted by Gasteiger charge is 2.19. The molecule has 18 heavy (non-hydrogen) atoms. The fourth-order valence-electron chi connectivity index (χ4n) is 1.91. The molecule has 1 saturated heterocycles. The molecule has 1 aliphatic heterocycles. The molecule has 1 aromatic heterocycles. The summed E-state index contributed by atoms with van der Waals surface area (Å²) in [7, 11) is 1.79. The Morgan fingerprint density at radius 3 is 2.78 bits per heavy atom. The first-order chi connectivity index (χ1) is 8.58. The van der Waals surface area contributed by atoms with Gasteiger partial charge in [0.15, 0.2) is 0 Å². The Morgan fingerprint density at radius 1 is 1.39 bits per heavy atom. The number of carboxylic acid groups (broad SMARTS) is 1. The second-order valence-electron chi connectivity index (χ2n) is 4.30. The van der Waals surface area contributed by atoms with Gasteiger partial charge in [-0.1, -0.05) is 0 Å². The maximum atomic E-state index is 11.7. The smallest absolute Gasteiger partial charge is 0.354 e. The average Bonchev–Trinajstić information content (AvgIpc) is 2.52. The van der Waals surface area contributed by atoms with Crippen molar-refractivity contribution in [2.75, 3.05) is 31.6 Å². The predicted molar refractivity (Wildman–Crippen MR) is 65.7 cm³/mol. The summed E-state index contributed by atoms with van der Waals surface area (Å²) in [5.74, 6) is -0.983. The van der Waals surface area contributed by atoms with Crippen LogP contribution in [0.4, 0.5) is 5.69 Å². The van der Waals surface area contributed by atoms with Gasteiger partial charge < -0.3 is 14.9 Å². The van der Waals surface area contributed by atoms with Crippen molar-refractivity contribution in [1.82, 2.24) is 9.88 Å². The summed E-state index contributed by atoms with van der Waals surface area (Å²) < 4.78 is 0. The molecule has 1 aromatic rings. The van der Waals surface area contributed by atoms with Crippen LogP contribution in [0.2, 0.25) is 0 Å². The standard InChI is InChI=1S/C12H15N3O3/c1-14-5-2-6-15(8-11(14)16)9-3-4-10(12(17)18)13-7-9/h3-4,7H,2,5-6,8H2,1H3,(H,17,18). The molecular weight excluding hydrogens is 234 g/mol. The predicted octanol–water partition coefficient (Wildman–Crippen LogP) is 0.448. The number of nitrogens with zero attached hydrogens (tertiary/aromatic N) is 3. The van der Waals surface area contributed by atoms with Gasteiger partial charge in [0, 0.05) is 20.1 Å². The number of aromatic nitrogens is 1. The van der Waals surface area contributed by atoms with Crippen LogP contribution in [0.1, 0.15) is 16.9 Å². The van der Waals surface area contributed by atoms with E-state index in [1.165, 1.54) is 12.3 Å². The number of hydrogen-bond donors (Lipinski definition) is 1. The van der Waals surface area contributed by atoms with E-state index < -0.39 is 5.97 Å². The van der Waals surface area contributed by atoms with Gasteiger partial charge in [-0.3, -0.25) is 4.79 Å². The maximum absolute atomic E-state index is 11.7. The highest BCUT2D eigenvalue weighted by molar-refractivity contribution is 5.86. The van der Waals surface area contributed by atoms with E-state index in [0.29, 0.717) is 6.54 Å². The molecule has 1 amide bonds. The van der Waals surface area contributed by atoms with E-state index in [-0.39, 0.29) is 11.6 Å². The molecule has 0 radical (unpaired) electrons. The Labute approximate surface area is 105 Å². The van der Waals surface area contributed by atoms with Crippen molar-refractivity contribution in [1.29, 1.82) is 0 Å². The summed E-state index contributed by atoms with van der Waals surface area (Å²) in [6.07, 6.45) is 2.39. The van der Waals surface area contributed by atoms with Gasteiger partial charge in [-0.25, -0.2) is 9.78 Å². The lowest BCUT2D eigenvalue weighted by atomic mass is 10.3. The minimum atomic E-state index is -1.05. The quantitative estimate of drug-likeness (QED) is 0.823. The van der Waals surface area contributed by atoms with Gasteiger partial charge in [0.1, 0.15) is 5.69 Å². The highest BCUT2D eigenvalue weighted by atomic mass is 16.4. The van der Waals surface area contributed by atoms with Gasteiger partial charge in [0.25, 0.3) is 0 Å². The van der Waals surface area contributed by atoms with Crippen molar-refractivity contribution in [3.8, 4) is 0 Å². The number of carboxylic acids is 1. The second-order valence-corrected chi connectivity index (χ2v) is 4.30. The van der Waals surface area contributed by atoms with Crippen LogP contribution >= 0.6 is 0 Å². The van der Waals surface area contributed by atoms with Crippen LogP contribution < -0.4 is 4.90 Å². The Morgan fingerprint density at radius 2 is 2.17 bits per heavy atom. The fraction of sp³-hybridized carbons (Fsp3) is 0.417. The molecule has 6 nitrogen and oxygen atoms in total. The van der Waals surface area contributed by atoms with Crippen LogP contribution in [-0.2, 0) is 4.79 Å². The Balaban J connectivity index is 2.15. The number of amides is 1. The van der Waals surface area contributed by atoms with Crippen molar-refractivity contribution in [2.24, 2.45) is 0 Å². The fourth-order valence-corrected chi connectivity index (χ4v) is 1.91. The molecule has 2 rings (SSSR count). The largest absolute Gasteiger partial charge is 0.477 e. The van der Waals surface area contributed by atoms with E-state index >= 15 is 0 Å². The van der Waals surface area contributed by atoms with E-state index in [1.54, 1.807) is 18.0 Å². The molecule has 0 aromatic carbocycles. The second kappa shape index (κ2) is 5.03. The summed E-state index contributed by atoms with van der Waals surface area (Å²) in [5.41, 5.74) is 0.792. The van der Waals surface area contributed by atoms with E-state index in [9.17, 15) is 9.59 Å². The van der Waals surface area contributed by atoms with Gasteiger partial charge in [-0.05, 0) is 18.6 Å². The minimum absolute atomic E-state index is 0.0111. The summed E-state index contributed by atoms with van der Waals surface area (Å²) >= 11 is 0. The lowest BCUT2D eigenvalue weighted by Crippen LogP contribution is -2.34.